The van der Waals surface area contributed by atoms with E-state index in [1.165, 1.54) is 66.8 Å². The van der Waals surface area contributed by atoms with Crippen molar-refractivity contribution < 1.29 is 0 Å². The number of hydrogen-bond acceptors (Lipinski definition) is 6. The van der Waals surface area contributed by atoms with Gasteiger partial charge in [-0.25, -0.2) is 15.0 Å². The number of aliphatic imine (C=N–C) groups is 1. The summed E-state index contributed by atoms with van der Waals surface area (Å²) in [6.07, 6.45) is 6.82. The summed E-state index contributed by atoms with van der Waals surface area (Å²) in [7, 11) is 0. The minimum absolute atomic E-state index is 0.590. The van der Waals surface area contributed by atoms with Gasteiger partial charge in [0.15, 0.2) is 0 Å². The minimum Gasteiger partial charge on any atom is -0.261 e. The topological polar surface area (TPSA) is 51.0 Å². The van der Waals surface area contributed by atoms with Crippen LogP contribution >= 0.6 is 22.7 Å². The Labute approximate surface area is 490 Å². The summed E-state index contributed by atoms with van der Waals surface area (Å²) in [5, 5.41) is 7.32. The molecule has 3 aromatic heterocycles. The zero-order valence-corrected chi connectivity index (χ0v) is 47.3. The van der Waals surface area contributed by atoms with Crippen LogP contribution in [0.15, 0.2) is 271 Å². The molecular weight excluding hydrogens is 1050 g/mol. The molecule has 0 radical (unpaired) electrons. The lowest BCUT2D eigenvalue weighted by Gasteiger charge is -2.34. The number of aromatic nitrogens is 3. The molecule has 11 aromatic carbocycles. The monoisotopic (exact) mass is 1100 g/mol. The first-order valence-electron chi connectivity index (χ1n) is 28.5. The van der Waals surface area contributed by atoms with Crippen LogP contribution in [-0.2, 0) is 10.8 Å². The maximum absolute atomic E-state index is 6.12. The molecule has 0 atom stereocenters. The van der Waals surface area contributed by atoms with E-state index in [0.29, 0.717) is 0 Å². The molecule has 0 saturated carbocycles. The molecule has 3 heterocycles. The van der Waals surface area contributed by atoms with Gasteiger partial charge in [-0.15, -0.1) is 22.7 Å². The van der Waals surface area contributed by atoms with E-state index in [1.807, 2.05) is 29.1 Å². The van der Waals surface area contributed by atoms with Gasteiger partial charge in [0.25, 0.3) is 0 Å². The van der Waals surface area contributed by atoms with Crippen molar-refractivity contribution in [2.75, 3.05) is 0 Å². The van der Waals surface area contributed by atoms with E-state index in [9.17, 15) is 0 Å². The quantitative estimate of drug-likeness (QED) is 0.101. The fourth-order valence-corrected chi connectivity index (χ4v) is 16.0. The summed E-state index contributed by atoms with van der Waals surface area (Å²) in [6, 6.07) is 90.0. The van der Waals surface area contributed by atoms with Crippen LogP contribution < -0.4 is 0 Å². The van der Waals surface area contributed by atoms with Crippen molar-refractivity contribution in [3.8, 4) is 53.7 Å². The number of thiophene rings is 1. The van der Waals surface area contributed by atoms with Crippen molar-refractivity contribution in [2.45, 2.75) is 31.1 Å². The second kappa shape index (κ2) is 19.5. The normalized spacial score (nSPS) is 13.9. The third kappa shape index (κ3) is 7.23. The average molecular weight is 1100 g/mol. The van der Waals surface area contributed by atoms with Crippen molar-refractivity contribution >= 4 is 72.0 Å². The lowest BCUT2D eigenvalue weighted by molar-refractivity contribution is 0.768. The molecule has 392 valence electrons. The number of nitrogens with zero attached hydrogens (tertiary/aromatic N) is 4. The highest BCUT2D eigenvalue weighted by atomic mass is 32.1. The van der Waals surface area contributed by atoms with E-state index in [4.69, 9.17) is 19.9 Å². The zero-order valence-electron chi connectivity index (χ0n) is 45.7. The molecule has 16 rings (SSSR count). The molecule has 0 fully saturated rings. The molecule has 4 nitrogen and oxygen atoms in total. The van der Waals surface area contributed by atoms with Crippen molar-refractivity contribution in [3.63, 3.8) is 0 Å². The standard InChI is InChI=1S/C77H52N4S2/c1-3-4-43-78-48(2)49-39-41-55-56-42-40-50(75-79-44-45-82-75)47-62(56)70-69(61(55)46-49)80-71-72(81-70)74(60-34-22-38-66-68(60)58-32-18-20-36-64(58)77(66,53-27-13-7-14-28-53)54-29-15-8-16-30-54)83-73(71)59-33-21-37-65-67(59)57-31-17-19-35-63(57)76(65,51-23-9-5-10-24-51)52-25-11-6-12-26-52/h4-47H,3H2,1-2H3/b43-4-,78-48?. The van der Waals surface area contributed by atoms with Gasteiger partial charge >= 0.3 is 0 Å². The predicted molar refractivity (Wildman–Crippen MR) is 348 cm³/mol. The number of hydrogen-bond donors (Lipinski definition) is 0. The Morgan fingerprint density at radius 1 is 0.446 bits per heavy atom. The highest BCUT2D eigenvalue weighted by molar-refractivity contribution is 7.21. The van der Waals surface area contributed by atoms with Crippen LogP contribution in [0.1, 0.15) is 70.3 Å². The second-order valence-corrected chi connectivity index (χ2v) is 23.7. The highest BCUT2D eigenvalue weighted by Crippen LogP contribution is 2.62. The molecular formula is C77H52N4S2. The summed E-state index contributed by atoms with van der Waals surface area (Å²) < 4.78 is 0. The van der Waals surface area contributed by atoms with Gasteiger partial charge in [0, 0.05) is 51.0 Å². The summed E-state index contributed by atoms with van der Waals surface area (Å²) in [5.41, 5.74) is 22.4. The molecule has 0 amide bonds. The molecule has 0 spiro atoms. The molecule has 2 aliphatic rings. The summed E-state index contributed by atoms with van der Waals surface area (Å²) >= 11 is 3.48. The first-order valence-corrected chi connectivity index (χ1v) is 30.2. The van der Waals surface area contributed by atoms with Crippen molar-refractivity contribution in [1.82, 2.24) is 15.0 Å². The maximum Gasteiger partial charge on any atom is 0.123 e. The van der Waals surface area contributed by atoms with Crippen LogP contribution in [0.3, 0.4) is 0 Å². The number of rotatable bonds is 10. The molecule has 83 heavy (non-hydrogen) atoms. The Balaban J connectivity index is 1.06. The van der Waals surface area contributed by atoms with E-state index < -0.39 is 10.8 Å². The Morgan fingerprint density at radius 3 is 1.37 bits per heavy atom. The largest absolute Gasteiger partial charge is 0.261 e. The Morgan fingerprint density at radius 2 is 0.892 bits per heavy atom. The van der Waals surface area contributed by atoms with Gasteiger partial charge in [-0.1, -0.05) is 244 Å². The number of benzene rings is 11. The molecule has 14 aromatic rings. The van der Waals surface area contributed by atoms with E-state index in [1.54, 1.807) is 11.3 Å². The zero-order chi connectivity index (χ0) is 55.2. The lowest BCUT2D eigenvalue weighted by Crippen LogP contribution is -2.28. The Hall–Kier alpha value is -9.72. The third-order valence-electron chi connectivity index (χ3n) is 17.5. The maximum atomic E-state index is 6.12. The number of allylic oxidation sites excluding steroid dienone is 1. The lowest BCUT2D eigenvalue weighted by atomic mass is 9.67. The van der Waals surface area contributed by atoms with Crippen LogP contribution in [0.2, 0.25) is 0 Å². The molecule has 0 saturated heterocycles. The van der Waals surface area contributed by atoms with Crippen molar-refractivity contribution in [2.24, 2.45) is 4.99 Å². The van der Waals surface area contributed by atoms with Crippen LogP contribution in [0.25, 0.3) is 97.3 Å². The van der Waals surface area contributed by atoms with Crippen molar-refractivity contribution in [1.29, 1.82) is 0 Å². The van der Waals surface area contributed by atoms with Gasteiger partial charge in [-0.05, 0) is 109 Å². The number of thiazole rings is 1. The SMILES string of the molecule is CC/C=C\N=C(C)c1ccc2c3ccc(-c4nccs4)cc3c3nc4c(-c5cccc6c5-c5ccccc5C6(c5ccccc5)c5ccccc5)sc(-c5cccc6c5-c5ccccc5C6(c5ccccc5)c5ccccc5)c4nc3c2c1. The Kier molecular flexibility index (Phi) is 11.5. The van der Waals surface area contributed by atoms with Gasteiger partial charge < -0.3 is 0 Å². The average Bonchev–Trinajstić information content (AvgIpc) is 1.85. The third-order valence-corrected chi connectivity index (χ3v) is 19.6. The predicted octanol–water partition coefficient (Wildman–Crippen LogP) is 20.1. The molecule has 0 aliphatic heterocycles. The van der Waals surface area contributed by atoms with Crippen LogP contribution in [-0.4, -0.2) is 20.7 Å². The second-order valence-electron chi connectivity index (χ2n) is 21.8. The minimum atomic E-state index is -0.590. The van der Waals surface area contributed by atoms with Gasteiger partial charge in [0.2, 0.25) is 0 Å². The van der Waals surface area contributed by atoms with E-state index in [-0.39, 0.29) is 0 Å². The number of fused-ring (bicyclic) bond motifs is 13. The van der Waals surface area contributed by atoms with Crippen LogP contribution in [0.4, 0.5) is 0 Å². The summed E-state index contributed by atoms with van der Waals surface area (Å²) in [6.45, 7) is 4.23. The smallest absolute Gasteiger partial charge is 0.123 e. The highest BCUT2D eigenvalue weighted by Gasteiger charge is 2.49. The molecule has 0 unspecified atom stereocenters. The van der Waals surface area contributed by atoms with E-state index >= 15 is 0 Å². The first kappa shape index (κ1) is 49.1. The van der Waals surface area contributed by atoms with Gasteiger partial charge in [0.05, 0.1) is 31.6 Å². The summed E-state index contributed by atoms with van der Waals surface area (Å²) in [5.74, 6) is 0. The van der Waals surface area contributed by atoms with Gasteiger partial charge in [-0.3, -0.25) is 4.99 Å². The molecule has 0 bridgehead atoms. The van der Waals surface area contributed by atoms with Gasteiger partial charge in [-0.2, -0.15) is 0 Å². The molecule has 2 aliphatic carbocycles. The fourth-order valence-electron chi connectivity index (χ4n) is 14.1. The molecule has 6 heteroatoms. The van der Waals surface area contributed by atoms with Crippen molar-refractivity contribution in [3.05, 3.63) is 317 Å². The fraction of sp³-hybridized carbons (Fsp3) is 0.0649. The molecule has 0 N–H and O–H groups in total. The van der Waals surface area contributed by atoms with Crippen LogP contribution in [0.5, 0.6) is 0 Å². The van der Waals surface area contributed by atoms with Crippen LogP contribution in [0, 0.1) is 0 Å². The summed E-state index contributed by atoms with van der Waals surface area (Å²) in [4.78, 5) is 24.1. The van der Waals surface area contributed by atoms with Gasteiger partial charge in [0.1, 0.15) is 16.0 Å². The first-order chi connectivity index (χ1) is 41.1. The van der Waals surface area contributed by atoms with E-state index in [0.717, 1.165) is 92.8 Å². The van der Waals surface area contributed by atoms with E-state index in [2.05, 4.69) is 263 Å². The Bertz CT molecular complexity index is 4870.